The molecule has 0 aliphatic carbocycles. The van der Waals surface area contributed by atoms with Crippen LogP contribution in [0.3, 0.4) is 0 Å². The number of hydrogen-bond acceptors (Lipinski definition) is 0. The molecule has 0 nitrogen and oxygen atoms in total. The fourth-order valence-corrected chi connectivity index (χ4v) is 0. The Hall–Kier alpha value is 2.08. The zero-order chi connectivity index (χ0) is 0. The van der Waals surface area contributed by atoms with Crippen LogP contribution in [0.25, 0.3) is 0 Å². The van der Waals surface area contributed by atoms with Gasteiger partial charge in [0.2, 0.25) is 0 Å². The predicted molar refractivity (Wildman–Crippen MR) is 34.7 cm³/mol. The summed E-state index contributed by atoms with van der Waals surface area (Å²) >= 11 is 0. The van der Waals surface area contributed by atoms with Crippen molar-refractivity contribution in [1.29, 1.82) is 0 Å². The van der Waals surface area contributed by atoms with Gasteiger partial charge in [-0.3, -0.25) is 0 Å². The zero-order valence-electron chi connectivity index (χ0n) is 2.13. The van der Waals surface area contributed by atoms with E-state index in [-0.39, 0.29) is 76.9 Å². The van der Waals surface area contributed by atoms with Gasteiger partial charge in [0.05, 0.1) is 0 Å². The van der Waals surface area contributed by atoms with Gasteiger partial charge in [0.15, 0.2) is 0 Å². The third-order valence-corrected chi connectivity index (χ3v) is 0. The first-order valence-electron chi connectivity index (χ1n) is 0. The molecule has 4 radical (unpaired) electrons. The molecule has 0 saturated carbocycles. The summed E-state index contributed by atoms with van der Waals surface area (Å²) in [7, 11) is 0. The molecule has 0 unspecified atom stereocenters. The van der Waals surface area contributed by atoms with E-state index in [9.17, 15) is 0 Å². The summed E-state index contributed by atoms with van der Waals surface area (Å²) in [6.45, 7) is 0. The summed E-state index contributed by atoms with van der Waals surface area (Å²) in [6.07, 6.45) is 0. The maximum Gasteiger partial charge on any atom is 0 e. The van der Waals surface area contributed by atoms with Gasteiger partial charge in [-0.15, -0.1) is 49.6 Å². The number of halogens is 4. The SMILES string of the molecule is Cl.Cl.Cl.Cl.[Pb]. The third kappa shape index (κ3) is 23.4. The van der Waals surface area contributed by atoms with Crippen LogP contribution < -0.4 is 0 Å². The average Bonchev–Trinajstić information content (AvgIpc) is 0. The Kier molecular flexibility index (Phi) is 438. The van der Waals surface area contributed by atoms with Gasteiger partial charge in [-0.25, -0.2) is 0 Å². The fraction of sp³-hybridized carbons (Fsp3) is 0. The molecule has 0 aliphatic rings. The van der Waals surface area contributed by atoms with Gasteiger partial charge in [0.25, 0.3) is 0 Å². The van der Waals surface area contributed by atoms with Gasteiger partial charge in [-0.05, 0) is 0 Å². The molecule has 0 aliphatic heterocycles. The summed E-state index contributed by atoms with van der Waals surface area (Å²) in [6, 6.07) is 0. The van der Waals surface area contributed by atoms with E-state index in [0.717, 1.165) is 0 Å². The fourth-order valence-electron chi connectivity index (χ4n) is 0. The van der Waals surface area contributed by atoms with Crippen LogP contribution >= 0.6 is 49.6 Å². The van der Waals surface area contributed by atoms with Crippen LogP contribution in [0.5, 0.6) is 0 Å². The molecule has 0 aromatic heterocycles. The summed E-state index contributed by atoms with van der Waals surface area (Å²) in [5, 5.41) is 0. The summed E-state index contributed by atoms with van der Waals surface area (Å²) in [5.74, 6) is 0. The van der Waals surface area contributed by atoms with Gasteiger partial charge in [0, 0.05) is 27.3 Å². The minimum absolute atomic E-state index is 0. The Bertz CT molecular complexity index is 3.61. The maximum atomic E-state index is 0. The molecule has 0 heterocycles. The third-order valence-electron chi connectivity index (χ3n) is 0. The van der Waals surface area contributed by atoms with Crippen molar-refractivity contribution in [3.63, 3.8) is 0 Å². The molecule has 5 heavy (non-hydrogen) atoms. The van der Waals surface area contributed by atoms with E-state index in [1.165, 1.54) is 0 Å². The van der Waals surface area contributed by atoms with Gasteiger partial charge in [-0.1, -0.05) is 0 Å². The molecule has 0 bridgehead atoms. The van der Waals surface area contributed by atoms with Gasteiger partial charge >= 0.3 is 0 Å². The Labute approximate surface area is 76.3 Å². The van der Waals surface area contributed by atoms with Gasteiger partial charge in [-0.2, -0.15) is 0 Å². The summed E-state index contributed by atoms with van der Waals surface area (Å²) < 4.78 is 0. The molecular formula is H4Cl4Pb. The summed E-state index contributed by atoms with van der Waals surface area (Å²) in [4.78, 5) is 0. The van der Waals surface area contributed by atoms with Crippen molar-refractivity contribution < 1.29 is 0 Å². The van der Waals surface area contributed by atoms with Gasteiger partial charge in [0.1, 0.15) is 0 Å². The first-order chi connectivity index (χ1) is 0. The molecule has 36 valence electrons. The molecule has 0 aromatic rings. The quantitative estimate of drug-likeness (QED) is 0.577. The molecular weight excluding hydrogens is 349 g/mol. The standard InChI is InChI=1S/4ClH.Pb/h4*1H;. The van der Waals surface area contributed by atoms with Crippen molar-refractivity contribution in [1.82, 2.24) is 0 Å². The van der Waals surface area contributed by atoms with Gasteiger partial charge < -0.3 is 0 Å². The van der Waals surface area contributed by atoms with Crippen LogP contribution in [0.2, 0.25) is 0 Å². The Morgan fingerprint density at radius 3 is 0.400 bits per heavy atom. The van der Waals surface area contributed by atoms with Crippen molar-refractivity contribution in [2.24, 2.45) is 0 Å². The minimum Gasteiger partial charge on any atom is -0.147 e. The van der Waals surface area contributed by atoms with Crippen LogP contribution in [0.4, 0.5) is 0 Å². The van der Waals surface area contributed by atoms with E-state index >= 15 is 0 Å². The van der Waals surface area contributed by atoms with E-state index in [2.05, 4.69) is 0 Å². The molecule has 0 aromatic carbocycles. The monoisotopic (exact) mass is 352 g/mol. The van der Waals surface area contributed by atoms with Crippen molar-refractivity contribution >= 4 is 76.9 Å². The van der Waals surface area contributed by atoms with E-state index in [1.807, 2.05) is 0 Å². The molecule has 0 atom stereocenters. The van der Waals surface area contributed by atoms with Crippen LogP contribution in [-0.2, 0) is 0 Å². The first kappa shape index (κ1) is 60.4. The smallest absolute Gasteiger partial charge is 0 e. The van der Waals surface area contributed by atoms with Crippen LogP contribution in [0.15, 0.2) is 0 Å². The molecule has 0 fully saturated rings. The number of hydrogen-bond donors (Lipinski definition) is 0. The van der Waals surface area contributed by atoms with E-state index in [1.54, 1.807) is 0 Å². The van der Waals surface area contributed by atoms with Crippen LogP contribution in [0.1, 0.15) is 0 Å². The minimum atomic E-state index is 0. The Morgan fingerprint density at radius 1 is 0.400 bits per heavy atom. The second-order valence-electron chi connectivity index (χ2n) is 0. The average molecular weight is 353 g/mol. The molecule has 0 spiro atoms. The molecule has 0 amide bonds. The second-order valence-corrected chi connectivity index (χ2v) is 0. The van der Waals surface area contributed by atoms with Crippen LogP contribution in [-0.4, -0.2) is 27.3 Å². The van der Waals surface area contributed by atoms with E-state index in [4.69, 9.17) is 0 Å². The van der Waals surface area contributed by atoms with Crippen molar-refractivity contribution in [2.45, 2.75) is 0 Å². The molecule has 5 heteroatoms. The van der Waals surface area contributed by atoms with Crippen molar-refractivity contribution in [3.8, 4) is 0 Å². The van der Waals surface area contributed by atoms with Crippen molar-refractivity contribution in [3.05, 3.63) is 0 Å². The zero-order valence-corrected chi connectivity index (χ0v) is 9.29. The van der Waals surface area contributed by atoms with E-state index < -0.39 is 0 Å². The van der Waals surface area contributed by atoms with Crippen molar-refractivity contribution in [2.75, 3.05) is 0 Å². The predicted octanol–water partition coefficient (Wildman–Crippen LogP) is 1.31. The maximum absolute atomic E-state index is 0. The molecule has 0 saturated heterocycles. The second kappa shape index (κ2) is 36.2. The summed E-state index contributed by atoms with van der Waals surface area (Å²) in [5.41, 5.74) is 0. The topological polar surface area (TPSA) is 0 Å². The van der Waals surface area contributed by atoms with Crippen LogP contribution in [0, 0.1) is 0 Å². The van der Waals surface area contributed by atoms with E-state index in [0.29, 0.717) is 0 Å². The Morgan fingerprint density at radius 2 is 0.400 bits per heavy atom. The first-order valence-corrected chi connectivity index (χ1v) is 0. The number of rotatable bonds is 0. The molecule has 0 N–H and O–H groups in total. The normalized spacial score (nSPS) is 0. The largest absolute Gasteiger partial charge is 0.147 e. The molecule has 0 rings (SSSR count). The Balaban J connectivity index is 0.